The Hall–Kier alpha value is -1.68. The fraction of sp³-hybridized carbons (Fsp3) is 0.188. The van der Waals surface area contributed by atoms with Gasteiger partial charge in [-0.25, -0.2) is 4.39 Å². The minimum absolute atomic E-state index is 0.0948. The number of halogens is 2. The summed E-state index contributed by atoms with van der Waals surface area (Å²) in [5.74, 6) is -0.477. The van der Waals surface area contributed by atoms with Crippen LogP contribution in [0.3, 0.4) is 0 Å². The summed E-state index contributed by atoms with van der Waals surface area (Å²) in [6.07, 6.45) is 2.06. The first-order chi connectivity index (χ1) is 9.65. The van der Waals surface area contributed by atoms with E-state index in [0.29, 0.717) is 16.6 Å². The number of hydrogen-bond acceptors (Lipinski definition) is 1. The second-order valence-electron chi connectivity index (χ2n) is 4.52. The molecule has 0 bridgehead atoms. The van der Waals surface area contributed by atoms with Gasteiger partial charge in [-0.15, -0.1) is 0 Å². The van der Waals surface area contributed by atoms with Crippen LogP contribution in [-0.2, 0) is 11.2 Å². The van der Waals surface area contributed by atoms with E-state index in [4.69, 9.17) is 0 Å². The van der Waals surface area contributed by atoms with Crippen LogP contribution in [0.25, 0.3) is 0 Å². The molecule has 1 N–H and O–H groups in total. The third-order valence-electron chi connectivity index (χ3n) is 2.92. The van der Waals surface area contributed by atoms with Gasteiger partial charge in [-0.05, 0) is 52.5 Å². The molecule has 2 aromatic carbocycles. The van der Waals surface area contributed by atoms with E-state index in [1.807, 2.05) is 30.3 Å². The van der Waals surface area contributed by atoms with E-state index in [0.717, 1.165) is 12.8 Å². The molecule has 2 aromatic rings. The van der Waals surface area contributed by atoms with E-state index in [9.17, 15) is 9.18 Å². The standard InChI is InChI=1S/C16H15BrFNO/c17-14-10-9-13(11-15(14)18)19-16(20)8-4-7-12-5-2-1-3-6-12/h1-3,5-6,9-11H,4,7-8H2,(H,19,20). The van der Waals surface area contributed by atoms with Crippen LogP contribution in [0.2, 0.25) is 0 Å². The largest absolute Gasteiger partial charge is 0.326 e. The summed E-state index contributed by atoms with van der Waals surface area (Å²) in [7, 11) is 0. The molecule has 0 radical (unpaired) electrons. The molecule has 2 rings (SSSR count). The van der Waals surface area contributed by atoms with Crippen molar-refractivity contribution in [2.45, 2.75) is 19.3 Å². The van der Waals surface area contributed by atoms with Crippen LogP contribution < -0.4 is 5.32 Å². The van der Waals surface area contributed by atoms with Crippen LogP contribution in [0.15, 0.2) is 53.0 Å². The van der Waals surface area contributed by atoms with E-state index in [1.54, 1.807) is 12.1 Å². The van der Waals surface area contributed by atoms with E-state index in [2.05, 4.69) is 21.2 Å². The molecule has 20 heavy (non-hydrogen) atoms. The number of anilines is 1. The normalized spacial score (nSPS) is 10.3. The number of carbonyl (C=O) groups excluding carboxylic acids is 1. The van der Waals surface area contributed by atoms with Crippen molar-refractivity contribution in [2.75, 3.05) is 5.32 Å². The average Bonchev–Trinajstić information content (AvgIpc) is 2.44. The van der Waals surface area contributed by atoms with Gasteiger partial charge in [-0.2, -0.15) is 0 Å². The van der Waals surface area contributed by atoms with Crippen molar-refractivity contribution in [3.63, 3.8) is 0 Å². The molecule has 0 aliphatic carbocycles. The zero-order valence-corrected chi connectivity index (χ0v) is 12.5. The molecule has 1 amide bonds. The van der Waals surface area contributed by atoms with Gasteiger partial charge in [-0.3, -0.25) is 4.79 Å². The van der Waals surface area contributed by atoms with Crippen LogP contribution in [0, 0.1) is 5.82 Å². The molecule has 0 heterocycles. The molecular formula is C16H15BrFNO. The van der Waals surface area contributed by atoms with E-state index < -0.39 is 0 Å². The lowest BCUT2D eigenvalue weighted by Crippen LogP contribution is -2.11. The van der Waals surface area contributed by atoms with E-state index >= 15 is 0 Å². The Balaban J connectivity index is 1.79. The Bertz CT molecular complexity index is 586. The first-order valence-corrected chi connectivity index (χ1v) is 7.23. The highest BCUT2D eigenvalue weighted by molar-refractivity contribution is 9.10. The lowest BCUT2D eigenvalue weighted by atomic mass is 10.1. The fourth-order valence-corrected chi connectivity index (χ4v) is 2.14. The number of aryl methyl sites for hydroxylation is 1. The van der Waals surface area contributed by atoms with Gasteiger partial charge < -0.3 is 5.32 Å². The topological polar surface area (TPSA) is 29.1 Å². The predicted octanol–water partition coefficient (Wildman–Crippen LogP) is 4.55. The first kappa shape index (κ1) is 14.7. The maximum absolute atomic E-state index is 13.3. The number of rotatable bonds is 5. The molecule has 0 aliphatic heterocycles. The van der Waals surface area contributed by atoms with Crippen molar-refractivity contribution in [1.82, 2.24) is 0 Å². The van der Waals surface area contributed by atoms with Gasteiger partial charge in [-0.1, -0.05) is 30.3 Å². The van der Waals surface area contributed by atoms with Crippen molar-refractivity contribution in [3.8, 4) is 0 Å². The summed E-state index contributed by atoms with van der Waals surface area (Å²) in [6.45, 7) is 0. The molecule has 0 saturated heterocycles. The summed E-state index contributed by atoms with van der Waals surface area (Å²) in [5.41, 5.74) is 1.70. The van der Waals surface area contributed by atoms with Gasteiger partial charge in [0.1, 0.15) is 5.82 Å². The second kappa shape index (κ2) is 7.20. The Morgan fingerprint density at radius 2 is 1.90 bits per heavy atom. The SMILES string of the molecule is O=C(CCCc1ccccc1)Nc1ccc(Br)c(F)c1. The summed E-state index contributed by atoms with van der Waals surface area (Å²) in [4.78, 5) is 11.8. The van der Waals surface area contributed by atoms with Crippen molar-refractivity contribution >= 4 is 27.5 Å². The van der Waals surface area contributed by atoms with Crippen LogP contribution in [0.4, 0.5) is 10.1 Å². The Kier molecular flexibility index (Phi) is 5.30. The van der Waals surface area contributed by atoms with Crippen LogP contribution in [-0.4, -0.2) is 5.91 Å². The second-order valence-corrected chi connectivity index (χ2v) is 5.37. The summed E-state index contributed by atoms with van der Waals surface area (Å²) in [6, 6.07) is 14.6. The summed E-state index contributed by atoms with van der Waals surface area (Å²) < 4.78 is 13.7. The Morgan fingerprint density at radius 3 is 2.60 bits per heavy atom. The molecule has 2 nitrogen and oxygen atoms in total. The average molecular weight is 336 g/mol. The summed E-state index contributed by atoms with van der Waals surface area (Å²) >= 11 is 3.08. The van der Waals surface area contributed by atoms with Gasteiger partial charge in [0.05, 0.1) is 4.47 Å². The molecule has 0 fully saturated rings. The number of amides is 1. The molecule has 104 valence electrons. The molecule has 4 heteroatoms. The van der Waals surface area contributed by atoms with E-state index in [1.165, 1.54) is 11.6 Å². The van der Waals surface area contributed by atoms with E-state index in [-0.39, 0.29) is 11.7 Å². The Labute approximate surface area is 126 Å². The number of hydrogen-bond donors (Lipinski definition) is 1. The van der Waals surface area contributed by atoms with Gasteiger partial charge in [0.2, 0.25) is 5.91 Å². The smallest absolute Gasteiger partial charge is 0.224 e. The van der Waals surface area contributed by atoms with Gasteiger partial charge in [0, 0.05) is 12.1 Å². The molecule has 0 unspecified atom stereocenters. The van der Waals surface area contributed by atoms with Gasteiger partial charge in [0.25, 0.3) is 0 Å². The number of nitrogens with one attached hydrogen (secondary N) is 1. The molecule has 0 spiro atoms. The quantitative estimate of drug-likeness (QED) is 0.853. The molecule has 0 aliphatic rings. The van der Waals surface area contributed by atoms with Crippen LogP contribution in [0.5, 0.6) is 0 Å². The monoisotopic (exact) mass is 335 g/mol. The zero-order valence-electron chi connectivity index (χ0n) is 10.9. The first-order valence-electron chi connectivity index (χ1n) is 6.44. The maximum atomic E-state index is 13.3. The lowest BCUT2D eigenvalue weighted by molar-refractivity contribution is -0.116. The zero-order chi connectivity index (χ0) is 14.4. The minimum atomic E-state index is -0.382. The van der Waals surface area contributed by atoms with Crippen molar-refractivity contribution < 1.29 is 9.18 Å². The molecular weight excluding hydrogens is 321 g/mol. The molecule has 0 atom stereocenters. The lowest BCUT2D eigenvalue weighted by Gasteiger charge is -2.06. The predicted molar refractivity (Wildman–Crippen MR) is 82.1 cm³/mol. The highest BCUT2D eigenvalue weighted by Crippen LogP contribution is 2.19. The maximum Gasteiger partial charge on any atom is 0.224 e. The van der Waals surface area contributed by atoms with Crippen molar-refractivity contribution in [3.05, 3.63) is 64.4 Å². The highest BCUT2D eigenvalue weighted by Gasteiger charge is 2.05. The minimum Gasteiger partial charge on any atom is -0.326 e. The highest BCUT2D eigenvalue weighted by atomic mass is 79.9. The molecule has 0 saturated carbocycles. The summed E-state index contributed by atoms with van der Waals surface area (Å²) in [5, 5.41) is 2.70. The Morgan fingerprint density at radius 1 is 1.15 bits per heavy atom. The molecule has 0 aromatic heterocycles. The third kappa shape index (κ3) is 4.46. The van der Waals surface area contributed by atoms with Gasteiger partial charge >= 0.3 is 0 Å². The van der Waals surface area contributed by atoms with Crippen LogP contribution >= 0.6 is 15.9 Å². The number of benzene rings is 2. The van der Waals surface area contributed by atoms with Gasteiger partial charge in [0.15, 0.2) is 0 Å². The fourth-order valence-electron chi connectivity index (χ4n) is 1.90. The third-order valence-corrected chi connectivity index (χ3v) is 3.56. The number of carbonyl (C=O) groups is 1. The van der Waals surface area contributed by atoms with Crippen molar-refractivity contribution in [1.29, 1.82) is 0 Å². The van der Waals surface area contributed by atoms with Crippen molar-refractivity contribution in [2.24, 2.45) is 0 Å². The van der Waals surface area contributed by atoms with Crippen LogP contribution in [0.1, 0.15) is 18.4 Å².